The summed E-state index contributed by atoms with van der Waals surface area (Å²) >= 11 is 0. The van der Waals surface area contributed by atoms with Gasteiger partial charge in [0.25, 0.3) is 0 Å². The second kappa shape index (κ2) is 8.99. The highest BCUT2D eigenvalue weighted by atomic mass is 16.7. The Labute approximate surface area is 241 Å². The molecule has 4 fully saturated rings. The van der Waals surface area contributed by atoms with Gasteiger partial charge in [0.05, 0.1) is 5.41 Å². The van der Waals surface area contributed by atoms with Crippen molar-refractivity contribution in [3.05, 3.63) is 23.3 Å². The van der Waals surface area contributed by atoms with E-state index in [2.05, 4.69) is 6.92 Å². The van der Waals surface area contributed by atoms with Crippen LogP contribution in [0.4, 0.5) is 0 Å². The lowest BCUT2D eigenvalue weighted by Gasteiger charge is -2.59. The van der Waals surface area contributed by atoms with Crippen LogP contribution in [0.2, 0.25) is 0 Å². The number of allylic oxidation sites excluding steroid dienone is 1. The Kier molecular flexibility index (Phi) is 6.27. The predicted molar refractivity (Wildman–Crippen MR) is 145 cm³/mol. The number of esters is 3. The van der Waals surface area contributed by atoms with Crippen LogP contribution in [0.3, 0.4) is 0 Å². The van der Waals surface area contributed by atoms with E-state index in [1.54, 1.807) is 19.9 Å². The molecule has 41 heavy (non-hydrogen) atoms. The Bertz CT molecular complexity index is 1280. The molecule has 6 aliphatic rings. The Hall–Kier alpha value is -2.52. The first-order chi connectivity index (χ1) is 19.1. The number of fused-ring (bicyclic) bond motifs is 4. The van der Waals surface area contributed by atoms with E-state index >= 15 is 0 Å². The van der Waals surface area contributed by atoms with E-state index in [0.717, 1.165) is 5.57 Å². The molecule has 0 radical (unpaired) electrons. The topological polar surface area (TPSA) is 129 Å². The van der Waals surface area contributed by atoms with Crippen molar-refractivity contribution >= 4 is 23.7 Å². The molecule has 0 amide bonds. The standard InChI is InChI=1S/C32H42O9/c1-15-13-23(40-28(36)16(15)2)31(7,37)26-21(38-17(3)33)14-20-24-19(10-12-29(20,26)5)30(6)22(35)9-8-11-32(30)27(41-32)25(24)39-18(4)34/h8-9,19-21,23-27,37H,10-14H2,1-7H3. The highest BCUT2D eigenvalue weighted by Crippen LogP contribution is 2.74. The average molecular weight is 571 g/mol. The Morgan fingerprint density at radius 2 is 1.78 bits per heavy atom. The van der Waals surface area contributed by atoms with Gasteiger partial charge in [-0.2, -0.15) is 0 Å². The van der Waals surface area contributed by atoms with Crippen LogP contribution in [0.15, 0.2) is 23.3 Å². The summed E-state index contributed by atoms with van der Waals surface area (Å²) in [4.78, 5) is 51.2. The van der Waals surface area contributed by atoms with E-state index in [1.165, 1.54) is 13.8 Å². The van der Waals surface area contributed by atoms with E-state index < -0.39 is 70.3 Å². The number of carbonyl (C=O) groups excluding carboxylic acids is 4. The van der Waals surface area contributed by atoms with Crippen molar-refractivity contribution < 1.29 is 43.2 Å². The smallest absolute Gasteiger partial charge is 0.334 e. The second-order valence-corrected chi connectivity index (χ2v) is 14.1. The zero-order valence-electron chi connectivity index (χ0n) is 25.0. The first kappa shape index (κ1) is 28.6. The summed E-state index contributed by atoms with van der Waals surface area (Å²) in [6, 6.07) is 0. The van der Waals surface area contributed by atoms with Crippen molar-refractivity contribution in [3.8, 4) is 0 Å². The second-order valence-electron chi connectivity index (χ2n) is 14.1. The largest absolute Gasteiger partial charge is 0.462 e. The quantitative estimate of drug-likeness (QED) is 0.306. The van der Waals surface area contributed by atoms with Crippen LogP contribution in [0.1, 0.15) is 80.6 Å². The fraction of sp³-hybridized carbons (Fsp3) is 0.750. The molecule has 1 N–H and O–H groups in total. The van der Waals surface area contributed by atoms with Crippen molar-refractivity contribution in [2.75, 3.05) is 0 Å². The summed E-state index contributed by atoms with van der Waals surface area (Å²) in [5, 5.41) is 12.3. The molecular weight excluding hydrogens is 528 g/mol. The molecule has 9 nitrogen and oxygen atoms in total. The molecule has 9 heteroatoms. The van der Waals surface area contributed by atoms with Gasteiger partial charge >= 0.3 is 17.9 Å². The summed E-state index contributed by atoms with van der Waals surface area (Å²) in [6.45, 7) is 12.2. The van der Waals surface area contributed by atoms with Gasteiger partial charge < -0.3 is 24.1 Å². The number of aliphatic hydroxyl groups is 1. The maximum Gasteiger partial charge on any atom is 0.334 e. The van der Waals surface area contributed by atoms with Crippen LogP contribution >= 0.6 is 0 Å². The molecule has 4 aliphatic carbocycles. The zero-order chi connectivity index (χ0) is 29.9. The van der Waals surface area contributed by atoms with Gasteiger partial charge in [-0.25, -0.2) is 4.79 Å². The van der Waals surface area contributed by atoms with Gasteiger partial charge in [0.2, 0.25) is 0 Å². The molecule has 12 atom stereocenters. The Morgan fingerprint density at radius 1 is 1.10 bits per heavy atom. The fourth-order valence-electron chi connectivity index (χ4n) is 10.2. The molecule has 12 unspecified atom stereocenters. The van der Waals surface area contributed by atoms with Gasteiger partial charge in [-0.3, -0.25) is 14.4 Å². The number of epoxide rings is 1. The molecular formula is C32H42O9. The van der Waals surface area contributed by atoms with Crippen molar-refractivity contribution in [2.45, 2.75) is 116 Å². The van der Waals surface area contributed by atoms with E-state index in [-0.39, 0.29) is 23.5 Å². The van der Waals surface area contributed by atoms with E-state index in [1.807, 2.05) is 19.9 Å². The highest BCUT2D eigenvalue weighted by Gasteiger charge is 2.82. The summed E-state index contributed by atoms with van der Waals surface area (Å²) in [5.41, 5.74) is -2.15. The summed E-state index contributed by atoms with van der Waals surface area (Å²) < 4.78 is 24.2. The van der Waals surface area contributed by atoms with Crippen LogP contribution < -0.4 is 0 Å². The minimum absolute atomic E-state index is 0.0379. The number of cyclic esters (lactones) is 1. The van der Waals surface area contributed by atoms with Gasteiger partial charge in [-0.15, -0.1) is 0 Å². The fourth-order valence-corrected chi connectivity index (χ4v) is 10.2. The van der Waals surface area contributed by atoms with Crippen LogP contribution in [0.25, 0.3) is 0 Å². The number of ketones is 1. The van der Waals surface area contributed by atoms with Gasteiger partial charge in [0.15, 0.2) is 5.78 Å². The van der Waals surface area contributed by atoms with Gasteiger partial charge in [0.1, 0.15) is 35.6 Å². The van der Waals surface area contributed by atoms with Gasteiger partial charge in [0, 0.05) is 37.7 Å². The molecule has 0 aromatic rings. The third kappa shape index (κ3) is 3.73. The van der Waals surface area contributed by atoms with Crippen LogP contribution in [-0.4, -0.2) is 64.4 Å². The number of hydrogen-bond donors (Lipinski definition) is 1. The third-order valence-corrected chi connectivity index (χ3v) is 12.2. The molecule has 1 saturated heterocycles. The molecule has 0 aromatic heterocycles. The first-order valence-electron chi connectivity index (χ1n) is 14.9. The number of hydrogen-bond acceptors (Lipinski definition) is 9. The lowest BCUT2D eigenvalue weighted by atomic mass is 9.43. The van der Waals surface area contributed by atoms with Crippen molar-refractivity contribution in [1.29, 1.82) is 0 Å². The monoisotopic (exact) mass is 570 g/mol. The van der Waals surface area contributed by atoms with Crippen LogP contribution in [-0.2, 0) is 38.1 Å². The summed E-state index contributed by atoms with van der Waals surface area (Å²) in [6.07, 6.45) is 3.83. The SMILES string of the molecule is CC(=O)OC1CC2C3C(OC(C)=O)C4OC45CC=CC(=O)C5(C)C3CCC2(C)C1C(C)(O)C1CC(C)=C(C)C(=O)O1. The Balaban J connectivity index is 1.44. The van der Waals surface area contributed by atoms with Gasteiger partial charge in [-0.05, 0) is 76.7 Å². The summed E-state index contributed by atoms with van der Waals surface area (Å²) in [5.74, 6) is -2.35. The predicted octanol–water partition coefficient (Wildman–Crippen LogP) is 3.61. The van der Waals surface area contributed by atoms with Crippen molar-refractivity contribution in [3.63, 3.8) is 0 Å². The molecule has 2 heterocycles. The van der Waals surface area contributed by atoms with E-state index in [4.69, 9.17) is 18.9 Å². The number of ether oxygens (including phenoxy) is 4. The van der Waals surface area contributed by atoms with Gasteiger partial charge in [-0.1, -0.05) is 18.6 Å². The van der Waals surface area contributed by atoms with E-state index in [0.29, 0.717) is 37.7 Å². The maximum absolute atomic E-state index is 13.6. The lowest BCUT2D eigenvalue weighted by Crippen LogP contribution is -2.65. The molecule has 3 saturated carbocycles. The van der Waals surface area contributed by atoms with Crippen LogP contribution in [0.5, 0.6) is 0 Å². The zero-order valence-corrected chi connectivity index (χ0v) is 25.0. The molecule has 6 rings (SSSR count). The maximum atomic E-state index is 13.6. The molecule has 0 aromatic carbocycles. The first-order valence-corrected chi connectivity index (χ1v) is 14.9. The Morgan fingerprint density at radius 3 is 2.41 bits per heavy atom. The molecule has 1 spiro atoms. The number of rotatable bonds is 4. The molecule has 2 aliphatic heterocycles. The minimum Gasteiger partial charge on any atom is -0.462 e. The normalized spacial score (nSPS) is 47.7. The molecule has 224 valence electrons. The van der Waals surface area contributed by atoms with E-state index in [9.17, 15) is 24.3 Å². The number of carbonyl (C=O) groups is 4. The average Bonchev–Trinajstić information content (AvgIpc) is 3.52. The molecule has 0 bridgehead atoms. The summed E-state index contributed by atoms with van der Waals surface area (Å²) in [7, 11) is 0. The highest BCUT2D eigenvalue weighted by molar-refractivity contribution is 5.98. The lowest BCUT2D eigenvalue weighted by molar-refractivity contribution is -0.203. The minimum atomic E-state index is -1.52. The van der Waals surface area contributed by atoms with Crippen LogP contribution in [0, 0.1) is 34.5 Å². The third-order valence-electron chi connectivity index (χ3n) is 12.2. The van der Waals surface area contributed by atoms with Crippen molar-refractivity contribution in [2.24, 2.45) is 34.5 Å². The van der Waals surface area contributed by atoms with Crippen molar-refractivity contribution in [1.82, 2.24) is 0 Å².